The number of carboxylic acid groups (broad SMARTS) is 1. The number of nitro groups is 1. The molecule has 0 spiro atoms. The van der Waals surface area contributed by atoms with E-state index in [1.165, 1.54) is 50.6 Å². The smallest absolute Gasteiger partial charge is 0.352 e. The molecule has 4 rings (SSSR count). The molecule has 2 N–H and O–H groups in total. The highest BCUT2D eigenvalue weighted by atomic mass is 32.2. The van der Waals surface area contributed by atoms with Gasteiger partial charge in [0.2, 0.25) is 5.91 Å². The summed E-state index contributed by atoms with van der Waals surface area (Å²) in [5.74, 6) is -1.96. The normalized spacial score (nSPS) is 20.5. The van der Waals surface area contributed by atoms with Crippen molar-refractivity contribution in [2.24, 2.45) is 5.92 Å². The standard InChI is InChI=1S/C18H19N7O6S3/c1-8(4-23-5-11(3-19-23)25(30)31)14(26)20-12-15(27)24-13(17(28)29)10(6-32-16(12)24)7-33-18-22-21-9(2)34-18/h3,5,8,12,16H,4,6-7H2,1-2H3,(H,20,26)(H,28,29). The van der Waals surface area contributed by atoms with Crippen molar-refractivity contribution >= 4 is 58.3 Å². The maximum atomic E-state index is 12.8. The van der Waals surface area contributed by atoms with Gasteiger partial charge in [0.05, 0.1) is 17.4 Å². The van der Waals surface area contributed by atoms with Crippen LogP contribution in [0.3, 0.4) is 0 Å². The second-order valence-corrected chi connectivity index (χ2v) is 11.1. The molecular formula is C18H19N7O6S3. The number of aliphatic carboxylic acids is 1. The number of hydrogen-bond acceptors (Lipinski definition) is 11. The molecule has 0 saturated carbocycles. The van der Waals surface area contributed by atoms with Crippen molar-refractivity contribution in [3.8, 4) is 0 Å². The maximum absolute atomic E-state index is 12.8. The van der Waals surface area contributed by atoms with E-state index < -0.39 is 40.0 Å². The second kappa shape index (κ2) is 9.71. The van der Waals surface area contributed by atoms with Crippen LogP contribution >= 0.6 is 34.9 Å². The summed E-state index contributed by atoms with van der Waals surface area (Å²) in [6, 6.07) is -0.846. The summed E-state index contributed by atoms with van der Waals surface area (Å²) in [6.45, 7) is 3.54. The van der Waals surface area contributed by atoms with E-state index in [1.54, 1.807) is 6.92 Å². The van der Waals surface area contributed by atoms with Crippen molar-refractivity contribution in [1.82, 2.24) is 30.2 Å². The van der Waals surface area contributed by atoms with Crippen molar-refractivity contribution in [3.63, 3.8) is 0 Å². The molecule has 16 heteroatoms. The van der Waals surface area contributed by atoms with Gasteiger partial charge in [0.1, 0.15) is 34.5 Å². The number of fused-ring (bicyclic) bond motifs is 1. The van der Waals surface area contributed by atoms with Crippen LogP contribution in [0.1, 0.15) is 11.9 Å². The van der Waals surface area contributed by atoms with E-state index in [4.69, 9.17) is 0 Å². The number of amides is 2. The molecule has 2 amide bonds. The summed E-state index contributed by atoms with van der Waals surface area (Å²) in [4.78, 5) is 48.8. The number of rotatable bonds is 9. The Labute approximate surface area is 205 Å². The van der Waals surface area contributed by atoms with Gasteiger partial charge in [-0.05, 0) is 12.5 Å². The van der Waals surface area contributed by atoms with Gasteiger partial charge in [-0.15, -0.1) is 22.0 Å². The number of β-lactam (4-membered cyclic amide) rings is 1. The van der Waals surface area contributed by atoms with Crippen molar-refractivity contribution in [3.05, 3.63) is 38.8 Å². The first-order chi connectivity index (χ1) is 16.2. The van der Waals surface area contributed by atoms with E-state index in [-0.39, 0.29) is 17.9 Å². The monoisotopic (exact) mass is 525 g/mol. The highest BCUT2D eigenvalue weighted by Gasteiger charge is 2.54. The average Bonchev–Trinajstić information content (AvgIpc) is 3.43. The molecule has 2 aliphatic heterocycles. The van der Waals surface area contributed by atoms with Crippen molar-refractivity contribution in [1.29, 1.82) is 0 Å². The molecule has 1 saturated heterocycles. The molecule has 3 atom stereocenters. The molecular weight excluding hydrogens is 506 g/mol. The Morgan fingerprint density at radius 2 is 2.21 bits per heavy atom. The lowest BCUT2D eigenvalue weighted by molar-refractivity contribution is -0.385. The number of nitrogens with zero attached hydrogens (tertiary/aromatic N) is 6. The minimum atomic E-state index is -1.19. The average molecular weight is 526 g/mol. The van der Waals surface area contributed by atoms with E-state index in [1.807, 2.05) is 6.92 Å². The fraction of sp³-hybridized carbons (Fsp3) is 0.444. The van der Waals surface area contributed by atoms with Crippen LogP contribution in [0.5, 0.6) is 0 Å². The number of aromatic nitrogens is 4. The minimum absolute atomic E-state index is 0.0510. The minimum Gasteiger partial charge on any atom is -0.477 e. The number of nitrogens with one attached hydrogen (secondary N) is 1. The third-order valence-corrected chi connectivity index (χ3v) is 8.56. The van der Waals surface area contributed by atoms with E-state index in [0.717, 1.165) is 15.5 Å². The Kier molecular flexibility index (Phi) is 6.90. The molecule has 0 aliphatic carbocycles. The molecule has 2 aromatic rings. The van der Waals surface area contributed by atoms with Crippen LogP contribution < -0.4 is 5.32 Å². The number of thioether (sulfide) groups is 2. The quantitative estimate of drug-likeness (QED) is 0.208. The van der Waals surface area contributed by atoms with Crippen molar-refractivity contribution in [2.75, 3.05) is 11.5 Å². The molecule has 1 fully saturated rings. The van der Waals surface area contributed by atoms with Crippen molar-refractivity contribution < 1.29 is 24.4 Å². The van der Waals surface area contributed by atoms with Crippen LogP contribution in [-0.4, -0.2) is 75.6 Å². The molecule has 0 bridgehead atoms. The Morgan fingerprint density at radius 1 is 1.44 bits per heavy atom. The SMILES string of the molecule is Cc1nnc(SCC2=C(C(=O)O)N3C(=O)C(NC(=O)C(C)Cn4cc([N+](=O)[O-])cn4)C3SC2)s1. The zero-order chi connectivity index (χ0) is 24.6. The number of carboxylic acids is 1. The number of hydrogen-bond donors (Lipinski definition) is 2. The molecule has 34 heavy (non-hydrogen) atoms. The molecule has 0 aromatic carbocycles. The summed E-state index contributed by atoms with van der Waals surface area (Å²) in [7, 11) is 0. The van der Waals surface area contributed by atoms with Crippen LogP contribution in [0.25, 0.3) is 0 Å². The Hall–Kier alpha value is -2.98. The molecule has 0 radical (unpaired) electrons. The van der Waals surface area contributed by atoms with Crippen LogP contribution in [0.4, 0.5) is 5.69 Å². The van der Waals surface area contributed by atoms with Crippen LogP contribution in [0.2, 0.25) is 0 Å². The number of carbonyl (C=O) groups is 3. The highest BCUT2D eigenvalue weighted by Crippen LogP contribution is 2.41. The predicted octanol–water partition coefficient (Wildman–Crippen LogP) is 1.12. The lowest BCUT2D eigenvalue weighted by Gasteiger charge is -2.49. The topological polar surface area (TPSA) is 173 Å². The maximum Gasteiger partial charge on any atom is 0.352 e. The van der Waals surface area contributed by atoms with Crippen LogP contribution in [-0.2, 0) is 20.9 Å². The van der Waals surface area contributed by atoms with E-state index in [2.05, 4.69) is 20.6 Å². The molecule has 180 valence electrons. The third-order valence-electron chi connectivity index (χ3n) is 5.16. The van der Waals surface area contributed by atoms with Gasteiger partial charge >= 0.3 is 11.7 Å². The van der Waals surface area contributed by atoms with Gasteiger partial charge in [0.15, 0.2) is 4.34 Å². The van der Waals surface area contributed by atoms with Gasteiger partial charge < -0.3 is 10.4 Å². The fourth-order valence-corrected chi connectivity index (χ4v) is 6.79. The molecule has 13 nitrogen and oxygen atoms in total. The summed E-state index contributed by atoms with van der Waals surface area (Å²) in [5.41, 5.74) is 0.377. The lowest BCUT2D eigenvalue weighted by Crippen LogP contribution is -2.71. The molecule has 2 aliphatic rings. The molecule has 4 heterocycles. The predicted molar refractivity (Wildman–Crippen MR) is 123 cm³/mol. The Bertz CT molecular complexity index is 1190. The zero-order valence-electron chi connectivity index (χ0n) is 17.9. The zero-order valence-corrected chi connectivity index (χ0v) is 20.4. The van der Waals surface area contributed by atoms with Crippen LogP contribution in [0.15, 0.2) is 28.0 Å². The number of carbonyl (C=O) groups excluding carboxylic acids is 2. The first-order valence-electron chi connectivity index (χ1n) is 9.95. The molecule has 3 unspecified atom stereocenters. The first kappa shape index (κ1) is 24.2. The largest absolute Gasteiger partial charge is 0.477 e. The van der Waals surface area contributed by atoms with Gasteiger partial charge in [0, 0.05) is 11.5 Å². The van der Waals surface area contributed by atoms with Crippen molar-refractivity contribution in [2.45, 2.75) is 36.1 Å². The van der Waals surface area contributed by atoms with Gasteiger partial charge in [0.25, 0.3) is 5.91 Å². The Balaban J connectivity index is 1.39. The summed E-state index contributed by atoms with van der Waals surface area (Å²) < 4.78 is 2.01. The third kappa shape index (κ3) is 4.78. The second-order valence-electron chi connectivity index (χ2n) is 7.61. The van der Waals surface area contributed by atoms with Gasteiger partial charge in [-0.2, -0.15) is 5.10 Å². The summed E-state index contributed by atoms with van der Waals surface area (Å²) >= 11 is 4.17. The van der Waals surface area contributed by atoms with Gasteiger partial charge in [-0.1, -0.05) is 30.0 Å². The van der Waals surface area contributed by atoms with Crippen LogP contribution in [0, 0.1) is 23.0 Å². The first-order valence-corrected chi connectivity index (χ1v) is 12.8. The van der Waals surface area contributed by atoms with Gasteiger partial charge in [-0.25, -0.2) is 4.79 Å². The van der Waals surface area contributed by atoms with E-state index in [9.17, 15) is 29.6 Å². The van der Waals surface area contributed by atoms with Gasteiger partial charge in [-0.3, -0.25) is 29.3 Å². The lowest BCUT2D eigenvalue weighted by atomic mass is 10.0. The summed E-state index contributed by atoms with van der Waals surface area (Å²) in [6.07, 6.45) is 2.32. The van der Waals surface area contributed by atoms with E-state index >= 15 is 0 Å². The number of aryl methyl sites for hydroxylation is 1. The highest BCUT2D eigenvalue weighted by molar-refractivity contribution is 8.01. The van der Waals surface area contributed by atoms with E-state index in [0.29, 0.717) is 17.1 Å². The Morgan fingerprint density at radius 3 is 2.82 bits per heavy atom. The fourth-order valence-electron chi connectivity index (χ4n) is 3.49. The molecule has 2 aromatic heterocycles. The summed E-state index contributed by atoms with van der Waals surface area (Å²) in [5, 5.41) is 35.4.